The molecule has 0 aromatic heterocycles. The number of hydrogen-bond acceptors (Lipinski definition) is 5. The van der Waals surface area contributed by atoms with Crippen molar-refractivity contribution in [1.82, 2.24) is 9.21 Å². The molecule has 0 N–H and O–H groups in total. The van der Waals surface area contributed by atoms with Crippen LogP contribution in [0.15, 0.2) is 41.3 Å². The van der Waals surface area contributed by atoms with Crippen LogP contribution in [0.25, 0.3) is 0 Å². The lowest BCUT2D eigenvalue weighted by molar-refractivity contribution is -0.384. The van der Waals surface area contributed by atoms with Crippen molar-refractivity contribution >= 4 is 15.7 Å². The van der Waals surface area contributed by atoms with Crippen LogP contribution in [0.2, 0.25) is 0 Å². The molecule has 2 bridgehead atoms. The Labute approximate surface area is 153 Å². The summed E-state index contributed by atoms with van der Waals surface area (Å²) in [5.74, 6) is 2.18. The minimum Gasteiger partial charge on any atom is -0.300 e. The standard InChI is InChI=1S/C18H23N3O4S/c22-21(23)17-3-5-18(6-4-17)26(24,25)20-9-7-19(8-10-20)13-16-12-14-1-2-15(16)11-14/h1-6,14-16H,7-13H2/t14-,15+,16-/m1/s1. The topological polar surface area (TPSA) is 83.8 Å². The van der Waals surface area contributed by atoms with Crippen LogP contribution in [-0.2, 0) is 10.0 Å². The Kier molecular flexibility index (Phi) is 4.58. The van der Waals surface area contributed by atoms with Crippen molar-refractivity contribution in [3.63, 3.8) is 0 Å². The molecule has 0 spiro atoms. The fourth-order valence-corrected chi connectivity index (χ4v) is 5.90. The second-order valence-electron chi connectivity index (χ2n) is 7.50. The number of hydrogen-bond donors (Lipinski definition) is 0. The number of benzene rings is 1. The third-order valence-electron chi connectivity index (χ3n) is 5.93. The number of rotatable bonds is 5. The maximum absolute atomic E-state index is 12.8. The highest BCUT2D eigenvalue weighted by Crippen LogP contribution is 2.43. The Morgan fingerprint density at radius 1 is 1.04 bits per heavy atom. The zero-order valence-corrected chi connectivity index (χ0v) is 15.3. The fraction of sp³-hybridized carbons (Fsp3) is 0.556. The van der Waals surface area contributed by atoms with Crippen LogP contribution in [0.3, 0.4) is 0 Å². The van der Waals surface area contributed by atoms with E-state index in [9.17, 15) is 18.5 Å². The smallest absolute Gasteiger partial charge is 0.269 e. The van der Waals surface area contributed by atoms with E-state index in [0.717, 1.165) is 25.6 Å². The van der Waals surface area contributed by atoms with Crippen LogP contribution >= 0.6 is 0 Å². The first-order valence-corrected chi connectivity index (χ1v) is 10.5. The predicted molar refractivity (Wildman–Crippen MR) is 97.1 cm³/mol. The van der Waals surface area contributed by atoms with E-state index in [1.807, 2.05) is 0 Å². The molecule has 1 aromatic rings. The minimum atomic E-state index is -3.59. The highest BCUT2D eigenvalue weighted by atomic mass is 32.2. The predicted octanol–water partition coefficient (Wildman–Crippen LogP) is 2.11. The Morgan fingerprint density at radius 2 is 1.73 bits per heavy atom. The summed E-state index contributed by atoms with van der Waals surface area (Å²) in [5.41, 5.74) is -0.103. The first kappa shape index (κ1) is 17.6. The van der Waals surface area contributed by atoms with Crippen molar-refractivity contribution in [2.75, 3.05) is 32.7 Å². The molecule has 8 heteroatoms. The first-order valence-electron chi connectivity index (χ1n) is 9.09. The van der Waals surface area contributed by atoms with Crippen LogP contribution in [-0.4, -0.2) is 55.3 Å². The van der Waals surface area contributed by atoms with Crippen molar-refractivity contribution < 1.29 is 13.3 Å². The van der Waals surface area contributed by atoms with Crippen molar-refractivity contribution in [3.05, 3.63) is 46.5 Å². The quantitative estimate of drug-likeness (QED) is 0.446. The average molecular weight is 377 g/mol. The van der Waals surface area contributed by atoms with Crippen LogP contribution in [0.1, 0.15) is 12.8 Å². The molecule has 0 radical (unpaired) electrons. The molecule has 1 saturated heterocycles. The molecule has 3 aliphatic rings. The van der Waals surface area contributed by atoms with Crippen LogP contribution < -0.4 is 0 Å². The van der Waals surface area contributed by atoms with Gasteiger partial charge in [0, 0.05) is 44.9 Å². The third-order valence-corrected chi connectivity index (χ3v) is 7.84. The number of fused-ring (bicyclic) bond motifs is 2. The molecule has 0 amide bonds. The first-order chi connectivity index (χ1) is 12.4. The van der Waals surface area contributed by atoms with Gasteiger partial charge < -0.3 is 4.90 Å². The maximum atomic E-state index is 12.8. The van der Waals surface area contributed by atoms with Crippen molar-refractivity contribution in [2.24, 2.45) is 17.8 Å². The molecule has 4 rings (SSSR count). The second-order valence-corrected chi connectivity index (χ2v) is 9.43. The molecule has 26 heavy (non-hydrogen) atoms. The van der Waals surface area contributed by atoms with E-state index in [2.05, 4.69) is 17.1 Å². The lowest BCUT2D eigenvalue weighted by atomic mass is 9.93. The van der Waals surface area contributed by atoms with Gasteiger partial charge >= 0.3 is 0 Å². The van der Waals surface area contributed by atoms with Gasteiger partial charge in [0.25, 0.3) is 5.69 Å². The Balaban J connectivity index is 1.36. The van der Waals surface area contributed by atoms with E-state index < -0.39 is 14.9 Å². The highest BCUT2D eigenvalue weighted by molar-refractivity contribution is 7.89. The molecule has 1 aromatic carbocycles. The van der Waals surface area contributed by atoms with Gasteiger partial charge in [-0.2, -0.15) is 4.31 Å². The van der Waals surface area contributed by atoms with E-state index >= 15 is 0 Å². The molecular weight excluding hydrogens is 354 g/mol. The van der Waals surface area contributed by atoms with Gasteiger partial charge in [0.1, 0.15) is 0 Å². The summed E-state index contributed by atoms with van der Waals surface area (Å²) < 4.78 is 27.0. The normalized spacial score (nSPS) is 29.3. The number of piperazine rings is 1. The molecule has 1 aliphatic heterocycles. The number of nitro benzene ring substituents is 1. The summed E-state index contributed by atoms with van der Waals surface area (Å²) in [7, 11) is -3.59. The SMILES string of the molecule is O=[N+]([O-])c1ccc(S(=O)(=O)N2CCN(C[C@H]3C[C@@H]4C=C[C@H]3C4)CC2)cc1. The van der Waals surface area contributed by atoms with E-state index in [1.54, 1.807) is 0 Å². The number of non-ortho nitro benzene ring substituents is 1. The molecule has 2 fully saturated rings. The number of nitrogens with zero attached hydrogens (tertiary/aromatic N) is 3. The van der Waals surface area contributed by atoms with E-state index in [4.69, 9.17) is 0 Å². The number of sulfonamides is 1. The fourth-order valence-electron chi connectivity index (χ4n) is 4.48. The number of nitro groups is 1. The molecular formula is C18H23N3O4S. The van der Waals surface area contributed by atoms with Crippen LogP contribution in [0.4, 0.5) is 5.69 Å². The van der Waals surface area contributed by atoms with Gasteiger partial charge in [-0.25, -0.2) is 8.42 Å². The van der Waals surface area contributed by atoms with E-state index in [0.29, 0.717) is 24.9 Å². The van der Waals surface area contributed by atoms with E-state index in [1.165, 1.54) is 41.4 Å². The van der Waals surface area contributed by atoms with E-state index in [-0.39, 0.29) is 10.6 Å². The van der Waals surface area contributed by atoms with Gasteiger partial charge in [-0.1, -0.05) is 12.2 Å². The Bertz CT molecular complexity index is 813. The van der Waals surface area contributed by atoms with Gasteiger partial charge in [0.2, 0.25) is 10.0 Å². The zero-order chi connectivity index (χ0) is 18.3. The van der Waals surface area contributed by atoms with Crippen molar-refractivity contribution in [1.29, 1.82) is 0 Å². The van der Waals surface area contributed by atoms with Crippen LogP contribution in [0.5, 0.6) is 0 Å². The average Bonchev–Trinajstić information content (AvgIpc) is 3.25. The minimum absolute atomic E-state index is 0.103. The van der Waals surface area contributed by atoms with Crippen molar-refractivity contribution in [2.45, 2.75) is 17.7 Å². The van der Waals surface area contributed by atoms with Gasteiger partial charge in [-0.05, 0) is 42.7 Å². The van der Waals surface area contributed by atoms with Gasteiger partial charge in [0.05, 0.1) is 9.82 Å². The summed E-state index contributed by atoms with van der Waals surface area (Å²) in [6.45, 7) is 3.47. The molecule has 140 valence electrons. The van der Waals surface area contributed by atoms with Gasteiger partial charge in [-0.15, -0.1) is 0 Å². The monoisotopic (exact) mass is 377 g/mol. The zero-order valence-electron chi connectivity index (χ0n) is 14.5. The molecule has 1 saturated carbocycles. The van der Waals surface area contributed by atoms with Crippen LogP contribution in [0, 0.1) is 27.9 Å². The Hall–Kier alpha value is -1.77. The molecule has 1 heterocycles. The summed E-state index contributed by atoms with van der Waals surface area (Å²) >= 11 is 0. The summed E-state index contributed by atoms with van der Waals surface area (Å²) in [4.78, 5) is 12.7. The largest absolute Gasteiger partial charge is 0.300 e. The van der Waals surface area contributed by atoms with Crippen molar-refractivity contribution in [3.8, 4) is 0 Å². The summed E-state index contributed by atoms with van der Waals surface area (Å²) in [6, 6.07) is 5.13. The third kappa shape index (κ3) is 3.28. The molecule has 7 nitrogen and oxygen atoms in total. The lowest BCUT2D eigenvalue weighted by Gasteiger charge is -2.36. The summed E-state index contributed by atoms with van der Waals surface area (Å²) in [6.07, 6.45) is 7.26. The maximum Gasteiger partial charge on any atom is 0.269 e. The highest BCUT2D eigenvalue weighted by Gasteiger charge is 2.37. The molecule has 2 aliphatic carbocycles. The van der Waals surface area contributed by atoms with Gasteiger partial charge in [-0.3, -0.25) is 10.1 Å². The molecule has 3 atom stereocenters. The second kappa shape index (κ2) is 6.75. The molecule has 0 unspecified atom stereocenters. The van der Waals surface area contributed by atoms with Gasteiger partial charge in [0.15, 0.2) is 0 Å². The summed E-state index contributed by atoms with van der Waals surface area (Å²) in [5, 5.41) is 10.7. The number of allylic oxidation sites excluding steroid dienone is 2. The lowest BCUT2D eigenvalue weighted by Crippen LogP contribution is -2.49. The Morgan fingerprint density at radius 3 is 2.27 bits per heavy atom.